The molecular formula is C12H15N5O. The Labute approximate surface area is 105 Å². The van der Waals surface area contributed by atoms with E-state index in [1.165, 1.54) is 6.92 Å². The Balaban J connectivity index is 2.01. The third kappa shape index (κ3) is 3.07. The Morgan fingerprint density at radius 2 is 2.17 bits per heavy atom. The van der Waals surface area contributed by atoms with Gasteiger partial charge in [-0.1, -0.05) is 11.3 Å². The van der Waals surface area contributed by atoms with Crippen LogP contribution in [0.15, 0.2) is 30.5 Å². The summed E-state index contributed by atoms with van der Waals surface area (Å²) in [5.41, 5.74) is 2.69. The fourth-order valence-electron chi connectivity index (χ4n) is 1.57. The lowest BCUT2D eigenvalue weighted by Crippen LogP contribution is -2.07. The van der Waals surface area contributed by atoms with Crippen molar-refractivity contribution in [3.05, 3.63) is 36.2 Å². The molecule has 0 unspecified atom stereocenters. The van der Waals surface area contributed by atoms with E-state index in [-0.39, 0.29) is 5.91 Å². The normalized spacial score (nSPS) is 10.1. The van der Waals surface area contributed by atoms with Gasteiger partial charge in [-0.15, -0.1) is 5.10 Å². The monoisotopic (exact) mass is 245 g/mol. The van der Waals surface area contributed by atoms with Crippen molar-refractivity contribution in [3.8, 4) is 0 Å². The highest BCUT2D eigenvalue weighted by atomic mass is 16.1. The molecule has 0 spiro atoms. The van der Waals surface area contributed by atoms with Gasteiger partial charge in [0.2, 0.25) is 5.91 Å². The second-order valence-electron chi connectivity index (χ2n) is 3.96. The number of anilines is 2. The van der Waals surface area contributed by atoms with Crippen LogP contribution in [0.2, 0.25) is 0 Å². The van der Waals surface area contributed by atoms with Gasteiger partial charge in [0.15, 0.2) is 0 Å². The molecular weight excluding hydrogens is 230 g/mol. The highest BCUT2D eigenvalue weighted by Crippen LogP contribution is 2.15. The van der Waals surface area contributed by atoms with Crippen LogP contribution < -0.4 is 10.6 Å². The number of benzene rings is 1. The molecule has 6 heteroatoms. The number of nitrogens with one attached hydrogen (secondary N) is 2. The predicted octanol–water partition coefficient (Wildman–Crippen LogP) is 1.39. The van der Waals surface area contributed by atoms with Crippen molar-refractivity contribution in [1.82, 2.24) is 15.0 Å². The standard InChI is InChI=1S/C12H15N5O/c1-9(18)15-11-5-3-4-10(6-11)13-7-12-8-14-16-17(12)2/h3-6,8,13H,7H2,1-2H3,(H,15,18). The Bertz CT molecular complexity index is 549. The third-order valence-electron chi connectivity index (χ3n) is 2.46. The summed E-state index contributed by atoms with van der Waals surface area (Å²) >= 11 is 0. The zero-order chi connectivity index (χ0) is 13.0. The molecule has 2 rings (SSSR count). The van der Waals surface area contributed by atoms with Crippen LogP contribution in [-0.2, 0) is 18.4 Å². The molecule has 0 saturated heterocycles. The lowest BCUT2D eigenvalue weighted by molar-refractivity contribution is -0.114. The molecule has 0 aliphatic carbocycles. The topological polar surface area (TPSA) is 71.8 Å². The molecule has 0 aliphatic heterocycles. The second kappa shape index (κ2) is 5.31. The number of carbonyl (C=O) groups excluding carboxylic acids is 1. The van der Waals surface area contributed by atoms with Gasteiger partial charge in [-0.05, 0) is 18.2 Å². The molecule has 0 atom stereocenters. The number of carbonyl (C=O) groups is 1. The first-order chi connectivity index (χ1) is 8.65. The minimum absolute atomic E-state index is 0.0806. The summed E-state index contributed by atoms with van der Waals surface area (Å²) in [6, 6.07) is 7.55. The van der Waals surface area contributed by atoms with Crippen LogP contribution in [0.5, 0.6) is 0 Å². The van der Waals surface area contributed by atoms with Gasteiger partial charge in [0, 0.05) is 25.3 Å². The molecule has 2 N–H and O–H groups in total. The average molecular weight is 245 g/mol. The molecule has 2 aromatic rings. The summed E-state index contributed by atoms with van der Waals surface area (Å²) in [6.45, 7) is 2.12. The minimum atomic E-state index is -0.0806. The number of aromatic nitrogens is 3. The van der Waals surface area contributed by atoms with E-state index in [1.807, 2.05) is 31.3 Å². The van der Waals surface area contributed by atoms with E-state index < -0.39 is 0 Å². The molecule has 1 heterocycles. The van der Waals surface area contributed by atoms with Crippen LogP contribution in [0.1, 0.15) is 12.6 Å². The largest absolute Gasteiger partial charge is 0.379 e. The third-order valence-corrected chi connectivity index (χ3v) is 2.46. The van der Waals surface area contributed by atoms with Crippen LogP contribution in [0.3, 0.4) is 0 Å². The molecule has 6 nitrogen and oxygen atoms in total. The zero-order valence-electron chi connectivity index (χ0n) is 10.3. The van der Waals surface area contributed by atoms with E-state index in [1.54, 1.807) is 10.9 Å². The number of aryl methyl sites for hydroxylation is 1. The predicted molar refractivity (Wildman–Crippen MR) is 69.1 cm³/mol. The Hall–Kier alpha value is -2.37. The van der Waals surface area contributed by atoms with Crippen molar-refractivity contribution in [2.75, 3.05) is 10.6 Å². The molecule has 0 radical (unpaired) electrons. The fraction of sp³-hybridized carbons (Fsp3) is 0.250. The van der Waals surface area contributed by atoms with E-state index in [9.17, 15) is 4.79 Å². The van der Waals surface area contributed by atoms with Gasteiger partial charge in [0.25, 0.3) is 0 Å². The maximum atomic E-state index is 11.0. The van der Waals surface area contributed by atoms with Gasteiger partial charge < -0.3 is 10.6 Å². The van der Waals surface area contributed by atoms with Crippen molar-refractivity contribution in [3.63, 3.8) is 0 Å². The first kappa shape index (κ1) is 12.1. The summed E-state index contributed by atoms with van der Waals surface area (Å²) < 4.78 is 1.71. The number of hydrogen-bond donors (Lipinski definition) is 2. The van der Waals surface area contributed by atoms with E-state index in [0.29, 0.717) is 6.54 Å². The summed E-state index contributed by atoms with van der Waals surface area (Å²) in [5, 5.41) is 13.7. The summed E-state index contributed by atoms with van der Waals surface area (Å²) in [6.07, 6.45) is 1.71. The lowest BCUT2D eigenvalue weighted by Gasteiger charge is -2.08. The molecule has 1 aromatic carbocycles. The summed E-state index contributed by atoms with van der Waals surface area (Å²) in [7, 11) is 1.84. The average Bonchev–Trinajstić information content (AvgIpc) is 2.72. The highest BCUT2D eigenvalue weighted by Gasteiger charge is 2.01. The molecule has 1 amide bonds. The first-order valence-corrected chi connectivity index (χ1v) is 5.60. The summed E-state index contributed by atoms with van der Waals surface area (Å²) in [5.74, 6) is -0.0806. The van der Waals surface area contributed by atoms with Crippen molar-refractivity contribution >= 4 is 17.3 Å². The van der Waals surface area contributed by atoms with E-state index in [2.05, 4.69) is 20.9 Å². The maximum absolute atomic E-state index is 11.0. The van der Waals surface area contributed by atoms with Gasteiger partial charge in [0.1, 0.15) is 0 Å². The van der Waals surface area contributed by atoms with Gasteiger partial charge >= 0.3 is 0 Å². The van der Waals surface area contributed by atoms with Crippen LogP contribution in [0.25, 0.3) is 0 Å². The highest BCUT2D eigenvalue weighted by molar-refractivity contribution is 5.89. The molecule has 1 aromatic heterocycles. The zero-order valence-corrected chi connectivity index (χ0v) is 10.3. The van der Waals surface area contributed by atoms with Gasteiger partial charge in [-0.3, -0.25) is 9.48 Å². The molecule has 0 fully saturated rings. The van der Waals surface area contributed by atoms with Crippen LogP contribution >= 0.6 is 0 Å². The Kier molecular flexibility index (Phi) is 3.57. The summed E-state index contributed by atoms with van der Waals surface area (Å²) in [4.78, 5) is 11.0. The van der Waals surface area contributed by atoms with Crippen molar-refractivity contribution in [2.24, 2.45) is 7.05 Å². The first-order valence-electron chi connectivity index (χ1n) is 5.60. The molecule has 18 heavy (non-hydrogen) atoms. The van der Waals surface area contributed by atoms with E-state index in [4.69, 9.17) is 0 Å². The van der Waals surface area contributed by atoms with Gasteiger partial charge in [0.05, 0.1) is 18.4 Å². The smallest absolute Gasteiger partial charge is 0.221 e. The lowest BCUT2D eigenvalue weighted by atomic mass is 10.2. The number of rotatable bonds is 4. The minimum Gasteiger partial charge on any atom is -0.379 e. The van der Waals surface area contributed by atoms with Crippen LogP contribution in [0, 0.1) is 0 Å². The maximum Gasteiger partial charge on any atom is 0.221 e. The van der Waals surface area contributed by atoms with Crippen molar-refractivity contribution in [1.29, 1.82) is 0 Å². The van der Waals surface area contributed by atoms with Crippen LogP contribution in [-0.4, -0.2) is 20.9 Å². The molecule has 0 bridgehead atoms. The number of nitrogens with zero attached hydrogens (tertiary/aromatic N) is 3. The fourth-order valence-corrected chi connectivity index (χ4v) is 1.57. The molecule has 0 aliphatic rings. The van der Waals surface area contributed by atoms with Crippen molar-refractivity contribution in [2.45, 2.75) is 13.5 Å². The van der Waals surface area contributed by atoms with E-state index in [0.717, 1.165) is 17.1 Å². The number of amides is 1. The van der Waals surface area contributed by atoms with Gasteiger partial charge in [-0.2, -0.15) is 0 Å². The number of hydrogen-bond acceptors (Lipinski definition) is 4. The van der Waals surface area contributed by atoms with Gasteiger partial charge in [-0.25, -0.2) is 0 Å². The second-order valence-corrected chi connectivity index (χ2v) is 3.96. The molecule has 94 valence electrons. The Morgan fingerprint density at radius 1 is 1.39 bits per heavy atom. The Morgan fingerprint density at radius 3 is 2.83 bits per heavy atom. The van der Waals surface area contributed by atoms with Crippen LogP contribution in [0.4, 0.5) is 11.4 Å². The van der Waals surface area contributed by atoms with Crippen molar-refractivity contribution < 1.29 is 4.79 Å². The molecule has 0 saturated carbocycles. The van der Waals surface area contributed by atoms with E-state index >= 15 is 0 Å². The SMILES string of the molecule is CC(=O)Nc1cccc(NCc2cnnn2C)c1. The quantitative estimate of drug-likeness (QED) is 0.853.